The molecule has 3 rings (SSSR count). The van der Waals surface area contributed by atoms with Crippen LogP contribution in [0.15, 0.2) is 36.0 Å². The fourth-order valence-corrected chi connectivity index (χ4v) is 2.98. The van der Waals surface area contributed by atoms with E-state index < -0.39 is 23.5 Å². The number of carboxylic acids is 1. The summed E-state index contributed by atoms with van der Waals surface area (Å²) in [7, 11) is 0. The molecule has 0 aliphatic heterocycles. The first kappa shape index (κ1) is 17.1. The van der Waals surface area contributed by atoms with Crippen LogP contribution in [0.5, 0.6) is 0 Å². The van der Waals surface area contributed by atoms with Crippen LogP contribution in [0.4, 0.5) is 17.6 Å². The molecule has 0 aliphatic rings. The predicted octanol–water partition coefficient (Wildman–Crippen LogP) is 3.91. The molecule has 0 unspecified atom stereocenters. The fraction of sp³-hybridized carbons (Fsp3) is 0.133. The second-order valence-corrected chi connectivity index (χ2v) is 5.90. The molecule has 0 saturated carbocycles. The van der Waals surface area contributed by atoms with Gasteiger partial charge in [0.2, 0.25) is 0 Å². The molecule has 0 radical (unpaired) electrons. The Kier molecular flexibility index (Phi) is 4.29. The SMILES string of the molecule is O=C(O)c1cnn(Cc2csc(-c3cccc(C(F)(F)F)c3F)n2)c1. The van der Waals surface area contributed by atoms with Gasteiger partial charge in [0.05, 0.1) is 29.6 Å². The number of benzene rings is 1. The topological polar surface area (TPSA) is 68.0 Å². The standard InChI is InChI=1S/C15H9F4N3O2S/c16-12-10(2-1-3-11(12)15(17,18)19)13-21-9(7-25-13)6-22-5-8(4-20-22)14(23)24/h1-5,7H,6H2,(H,23,24). The molecule has 0 amide bonds. The van der Waals surface area contributed by atoms with Crippen LogP contribution in [-0.2, 0) is 12.7 Å². The van der Waals surface area contributed by atoms with Gasteiger partial charge in [-0.05, 0) is 12.1 Å². The van der Waals surface area contributed by atoms with Crippen molar-refractivity contribution >= 4 is 17.3 Å². The molecule has 2 aromatic heterocycles. The van der Waals surface area contributed by atoms with Gasteiger partial charge in [0.15, 0.2) is 0 Å². The van der Waals surface area contributed by atoms with Crippen LogP contribution in [0.2, 0.25) is 0 Å². The van der Waals surface area contributed by atoms with Gasteiger partial charge in [0.1, 0.15) is 10.8 Å². The van der Waals surface area contributed by atoms with Gasteiger partial charge >= 0.3 is 12.1 Å². The molecule has 1 N–H and O–H groups in total. The van der Waals surface area contributed by atoms with Crippen LogP contribution in [0.1, 0.15) is 21.6 Å². The van der Waals surface area contributed by atoms with Crippen molar-refractivity contribution in [1.82, 2.24) is 14.8 Å². The maximum atomic E-state index is 14.1. The third-order valence-corrected chi connectivity index (χ3v) is 4.21. The molecule has 0 fully saturated rings. The number of aromatic nitrogens is 3. The molecule has 10 heteroatoms. The number of alkyl halides is 3. The summed E-state index contributed by atoms with van der Waals surface area (Å²) in [6, 6.07) is 3.02. The zero-order chi connectivity index (χ0) is 18.2. The van der Waals surface area contributed by atoms with Gasteiger partial charge < -0.3 is 5.11 Å². The summed E-state index contributed by atoms with van der Waals surface area (Å²) >= 11 is 0.993. The Morgan fingerprint density at radius 3 is 2.72 bits per heavy atom. The molecule has 130 valence electrons. The lowest BCUT2D eigenvalue weighted by Gasteiger charge is -2.09. The third kappa shape index (κ3) is 3.53. The molecule has 1 aromatic carbocycles. The van der Waals surface area contributed by atoms with Gasteiger partial charge in [-0.1, -0.05) is 6.07 Å². The number of carbonyl (C=O) groups is 1. The zero-order valence-electron chi connectivity index (χ0n) is 12.3. The van der Waals surface area contributed by atoms with Crippen LogP contribution in [-0.4, -0.2) is 25.8 Å². The summed E-state index contributed by atoms with van der Waals surface area (Å²) in [6.07, 6.45) is -2.32. The largest absolute Gasteiger partial charge is 0.478 e. The van der Waals surface area contributed by atoms with E-state index in [9.17, 15) is 22.4 Å². The molecular weight excluding hydrogens is 362 g/mol. The molecule has 0 aliphatic carbocycles. The number of nitrogens with zero attached hydrogens (tertiary/aromatic N) is 3. The lowest BCUT2D eigenvalue weighted by molar-refractivity contribution is -0.139. The van der Waals surface area contributed by atoms with E-state index in [0.29, 0.717) is 11.8 Å². The van der Waals surface area contributed by atoms with E-state index in [-0.39, 0.29) is 22.7 Å². The Hall–Kier alpha value is -2.75. The second kappa shape index (κ2) is 6.28. The van der Waals surface area contributed by atoms with Gasteiger partial charge in [-0.2, -0.15) is 18.3 Å². The van der Waals surface area contributed by atoms with E-state index >= 15 is 0 Å². The van der Waals surface area contributed by atoms with E-state index in [1.165, 1.54) is 23.1 Å². The maximum absolute atomic E-state index is 14.1. The second-order valence-electron chi connectivity index (χ2n) is 5.04. The molecule has 5 nitrogen and oxygen atoms in total. The quantitative estimate of drug-likeness (QED) is 0.706. The molecule has 25 heavy (non-hydrogen) atoms. The van der Waals surface area contributed by atoms with Gasteiger partial charge in [-0.3, -0.25) is 4.68 Å². The number of hydrogen-bond donors (Lipinski definition) is 1. The van der Waals surface area contributed by atoms with Crippen LogP contribution in [0.25, 0.3) is 10.6 Å². The minimum atomic E-state index is -4.79. The average Bonchev–Trinajstić information content (AvgIpc) is 3.16. The predicted molar refractivity (Wildman–Crippen MR) is 80.8 cm³/mol. The molecule has 0 saturated heterocycles. The minimum absolute atomic E-state index is 0.000578. The summed E-state index contributed by atoms with van der Waals surface area (Å²) in [5.41, 5.74) is -1.16. The van der Waals surface area contributed by atoms with E-state index in [4.69, 9.17) is 5.11 Å². The smallest absolute Gasteiger partial charge is 0.419 e. The molecule has 0 atom stereocenters. The van der Waals surface area contributed by atoms with Crippen LogP contribution < -0.4 is 0 Å². The molecule has 2 heterocycles. The third-order valence-electron chi connectivity index (χ3n) is 3.29. The molecule has 3 aromatic rings. The normalized spacial score (nSPS) is 11.7. The molecular formula is C15H9F4N3O2S. The van der Waals surface area contributed by atoms with E-state index in [1.54, 1.807) is 5.38 Å². The van der Waals surface area contributed by atoms with E-state index in [2.05, 4.69) is 10.1 Å². The highest BCUT2D eigenvalue weighted by Gasteiger charge is 2.35. The Labute approximate surface area is 142 Å². The first-order chi connectivity index (χ1) is 11.8. The highest BCUT2D eigenvalue weighted by molar-refractivity contribution is 7.13. The van der Waals surface area contributed by atoms with Gasteiger partial charge in [-0.15, -0.1) is 11.3 Å². The van der Waals surface area contributed by atoms with E-state index in [0.717, 1.165) is 17.4 Å². The fourth-order valence-electron chi connectivity index (χ4n) is 2.15. The molecule has 0 bridgehead atoms. The van der Waals surface area contributed by atoms with E-state index in [1.807, 2.05) is 0 Å². The summed E-state index contributed by atoms with van der Waals surface area (Å²) in [5, 5.41) is 14.3. The lowest BCUT2D eigenvalue weighted by Crippen LogP contribution is -2.08. The van der Waals surface area contributed by atoms with Gasteiger partial charge in [-0.25, -0.2) is 14.2 Å². The van der Waals surface area contributed by atoms with Gasteiger partial charge in [0, 0.05) is 17.1 Å². The van der Waals surface area contributed by atoms with Crippen molar-refractivity contribution in [2.24, 2.45) is 0 Å². The van der Waals surface area contributed by atoms with Crippen molar-refractivity contribution in [3.8, 4) is 10.6 Å². The average molecular weight is 371 g/mol. The Morgan fingerprint density at radius 1 is 1.32 bits per heavy atom. The Morgan fingerprint density at radius 2 is 2.08 bits per heavy atom. The van der Waals surface area contributed by atoms with Crippen molar-refractivity contribution < 1.29 is 27.5 Å². The summed E-state index contributed by atoms with van der Waals surface area (Å²) < 4.78 is 53.8. The Balaban J connectivity index is 1.88. The summed E-state index contributed by atoms with van der Waals surface area (Å²) in [5.74, 6) is -2.50. The molecule has 0 spiro atoms. The minimum Gasteiger partial charge on any atom is -0.478 e. The summed E-state index contributed by atoms with van der Waals surface area (Å²) in [4.78, 5) is 14.9. The van der Waals surface area contributed by atoms with Crippen molar-refractivity contribution in [3.63, 3.8) is 0 Å². The van der Waals surface area contributed by atoms with Crippen molar-refractivity contribution in [3.05, 3.63) is 58.6 Å². The van der Waals surface area contributed by atoms with Crippen molar-refractivity contribution in [2.75, 3.05) is 0 Å². The van der Waals surface area contributed by atoms with Crippen LogP contribution >= 0.6 is 11.3 Å². The first-order valence-electron chi connectivity index (χ1n) is 6.82. The monoisotopic (exact) mass is 371 g/mol. The summed E-state index contributed by atoms with van der Waals surface area (Å²) in [6.45, 7) is 0.115. The zero-order valence-corrected chi connectivity index (χ0v) is 13.1. The number of rotatable bonds is 4. The number of hydrogen-bond acceptors (Lipinski definition) is 4. The van der Waals surface area contributed by atoms with Crippen molar-refractivity contribution in [1.29, 1.82) is 0 Å². The number of aromatic carboxylic acids is 1. The van der Waals surface area contributed by atoms with Gasteiger partial charge in [0.25, 0.3) is 0 Å². The highest BCUT2D eigenvalue weighted by Crippen LogP contribution is 2.36. The van der Waals surface area contributed by atoms with Crippen LogP contribution in [0, 0.1) is 5.82 Å². The number of carboxylic acid groups (broad SMARTS) is 1. The highest BCUT2D eigenvalue weighted by atomic mass is 32.1. The number of halogens is 4. The first-order valence-corrected chi connectivity index (χ1v) is 7.70. The lowest BCUT2D eigenvalue weighted by atomic mass is 10.1. The Bertz CT molecular complexity index is 933. The van der Waals surface area contributed by atoms with Crippen LogP contribution in [0.3, 0.4) is 0 Å². The maximum Gasteiger partial charge on any atom is 0.419 e. The van der Waals surface area contributed by atoms with Crippen molar-refractivity contribution in [2.45, 2.75) is 12.7 Å². The number of thiazole rings is 1.